The topological polar surface area (TPSA) is 77.8 Å². The van der Waals surface area contributed by atoms with Crippen LogP contribution in [0.15, 0.2) is 21.2 Å². The Morgan fingerprint density at radius 3 is 2.70 bits per heavy atom. The molecule has 2 fully saturated rings. The average molecular weight is 268 g/mol. The molecule has 2 aliphatic rings. The Bertz CT molecular complexity index is 798. The first-order chi connectivity index (χ1) is 9.88. The van der Waals surface area contributed by atoms with Crippen LogP contribution >= 0.6 is 0 Å². The fourth-order valence-electron chi connectivity index (χ4n) is 2.46. The van der Waals surface area contributed by atoms with Crippen molar-refractivity contribution >= 4 is 11.1 Å². The fourth-order valence-corrected chi connectivity index (χ4v) is 2.46. The molecule has 20 heavy (non-hydrogen) atoms. The molecule has 6 nitrogen and oxygen atoms in total. The molecular weight excluding hydrogens is 256 g/mol. The zero-order chi connectivity index (χ0) is 13.1. The van der Waals surface area contributed by atoms with Gasteiger partial charge < -0.3 is 8.94 Å². The molecule has 0 bridgehead atoms. The summed E-state index contributed by atoms with van der Waals surface area (Å²) in [6.45, 7) is 0. The second-order valence-electron chi connectivity index (χ2n) is 5.64. The van der Waals surface area contributed by atoms with E-state index in [1.165, 1.54) is 12.8 Å². The van der Waals surface area contributed by atoms with Gasteiger partial charge in [-0.1, -0.05) is 5.16 Å². The van der Waals surface area contributed by atoms with Gasteiger partial charge in [-0.3, -0.25) is 0 Å². The summed E-state index contributed by atoms with van der Waals surface area (Å²) in [4.78, 5) is 4.30. The normalized spacial score (nSPS) is 18.8. The van der Waals surface area contributed by atoms with Crippen LogP contribution in [-0.2, 0) is 0 Å². The lowest BCUT2D eigenvalue weighted by atomic mass is 10.1. The molecule has 0 unspecified atom stereocenters. The highest BCUT2D eigenvalue weighted by Gasteiger charge is 2.31. The maximum absolute atomic E-state index is 5.72. The van der Waals surface area contributed by atoms with Crippen LogP contribution in [0.5, 0.6) is 0 Å². The number of fused-ring (bicyclic) bond motifs is 1. The van der Waals surface area contributed by atoms with Crippen LogP contribution < -0.4 is 0 Å². The lowest BCUT2D eigenvalue weighted by molar-refractivity contribution is 0.439. The molecule has 0 N–H and O–H groups in total. The van der Waals surface area contributed by atoms with E-state index in [9.17, 15) is 0 Å². The Labute approximate surface area is 114 Å². The second-order valence-corrected chi connectivity index (χ2v) is 5.64. The molecule has 0 saturated heterocycles. The summed E-state index contributed by atoms with van der Waals surface area (Å²) in [7, 11) is 0. The molecule has 0 aliphatic heterocycles. The van der Waals surface area contributed by atoms with Gasteiger partial charge in [-0.05, 0) is 31.7 Å². The third-order valence-electron chi connectivity index (χ3n) is 3.94. The van der Waals surface area contributed by atoms with E-state index in [2.05, 4.69) is 20.3 Å². The number of rotatable bonds is 3. The van der Waals surface area contributed by atoms with Crippen LogP contribution in [0.4, 0.5) is 0 Å². The van der Waals surface area contributed by atoms with E-state index in [-0.39, 0.29) is 0 Å². The molecule has 2 aliphatic carbocycles. The molecule has 6 heteroatoms. The van der Waals surface area contributed by atoms with Crippen LogP contribution in [0.1, 0.15) is 49.1 Å². The Morgan fingerprint density at radius 1 is 1.05 bits per heavy atom. The Morgan fingerprint density at radius 2 is 1.90 bits per heavy atom. The maximum Gasteiger partial charge on any atom is 0.257 e. The van der Waals surface area contributed by atoms with Crippen LogP contribution in [0.3, 0.4) is 0 Å². The van der Waals surface area contributed by atoms with Gasteiger partial charge in [0.2, 0.25) is 11.8 Å². The molecule has 3 aromatic heterocycles. The predicted octanol–water partition coefficient (Wildman–Crippen LogP) is 3.03. The molecule has 0 aromatic carbocycles. The Balaban J connectivity index is 1.61. The highest BCUT2D eigenvalue weighted by atomic mass is 16.5. The minimum atomic E-state index is 0.463. The van der Waals surface area contributed by atoms with E-state index in [0.29, 0.717) is 23.4 Å². The van der Waals surface area contributed by atoms with Gasteiger partial charge in [-0.2, -0.15) is 0 Å². The number of pyridine rings is 1. The van der Waals surface area contributed by atoms with Gasteiger partial charge in [0.25, 0.3) is 5.71 Å². The van der Waals surface area contributed by atoms with Crippen LogP contribution in [-0.4, -0.2) is 20.3 Å². The molecule has 3 aromatic rings. The van der Waals surface area contributed by atoms with Gasteiger partial charge in [0.15, 0.2) is 0 Å². The highest BCUT2D eigenvalue weighted by molar-refractivity contribution is 5.81. The van der Waals surface area contributed by atoms with Gasteiger partial charge in [0.05, 0.1) is 16.6 Å². The first-order valence-corrected chi connectivity index (χ1v) is 6.97. The summed E-state index contributed by atoms with van der Waals surface area (Å²) in [5.41, 5.74) is 2.43. The van der Waals surface area contributed by atoms with Gasteiger partial charge in [-0.15, -0.1) is 10.2 Å². The SMILES string of the molecule is c1nc2onc(C3CC3)c2cc1-c1nnc(C2CC2)o1. The molecule has 5 rings (SSSR count). The summed E-state index contributed by atoms with van der Waals surface area (Å²) in [6, 6.07) is 2.00. The number of hydrogen-bond donors (Lipinski definition) is 0. The molecule has 0 amide bonds. The van der Waals surface area contributed by atoms with Gasteiger partial charge >= 0.3 is 0 Å². The minimum absolute atomic E-state index is 0.463. The van der Waals surface area contributed by atoms with Crippen molar-refractivity contribution in [2.24, 2.45) is 0 Å². The molecule has 3 heterocycles. The van der Waals surface area contributed by atoms with Crippen molar-refractivity contribution < 1.29 is 8.94 Å². The van der Waals surface area contributed by atoms with E-state index >= 15 is 0 Å². The molecule has 0 radical (unpaired) electrons. The summed E-state index contributed by atoms with van der Waals surface area (Å²) in [6.07, 6.45) is 6.36. The molecule has 2 saturated carbocycles. The van der Waals surface area contributed by atoms with E-state index in [1.807, 2.05) is 6.07 Å². The molecular formula is C14H12N4O2. The summed E-state index contributed by atoms with van der Waals surface area (Å²) in [5.74, 6) is 2.26. The second kappa shape index (κ2) is 3.65. The van der Waals surface area contributed by atoms with Gasteiger partial charge in [-0.25, -0.2) is 4.98 Å². The van der Waals surface area contributed by atoms with Crippen molar-refractivity contribution in [1.82, 2.24) is 20.3 Å². The lowest BCUT2D eigenvalue weighted by Crippen LogP contribution is -1.83. The number of aromatic nitrogens is 4. The van der Waals surface area contributed by atoms with E-state index in [0.717, 1.165) is 35.4 Å². The third kappa shape index (κ3) is 1.57. The quantitative estimate of drug-likeness (QED) is 0.726. The largest absolute Gasteiger partial charge is 0.420 e. The van der Waals surface area contributed by atoms with Crippen LogP contribution in [0.25, 0.3) is 22.6 Å². The standard InChI is InChI=1S/C14H12N4O2/c1-2-7(1)11-10-5-9(6-15-14(10)20-18-11)13-17-16-12(19-13)8-3-4-8/h5-8H,1-4H2. The smallest absolute Gasteiger partial charge is 0.257 e. The van der Waals surface area contributed by atoms with Crippen LogP contribution in [0.2, 0.25) is 0 Å². The minimum Gasteiger partial charge on any atom is -0.420 e. The average Bonchev–Trinajstić information content (AvgIpc) is 3.41. The zero-order valence-corrected chi connectivity index (χ0v) is 10.7. The highest BCUT2D eigenvalue weighted by Crippen LogP contribution is 2.43. The molecule has 0 atom stereocenters. The van der Waals surface area contributed by atoms with Crippen molar-refractivity contribution in [2.75, 3.05) is 0 Å². The van der Waals surface area contributed by atoms with Crippen molar-refractivity contribution in [3.63, 3.8) is 0 Å². The van der Waals surface area contributed by atoms with Gasteiger partial charge in [0.1, 0.15) is 0 Å². The Kier molecular flexibility index (Phi) is 1.92. The van der Waals surface area contributed by atoms with E-state index < -0.39 is 0 Å². The third-order valence-corrected chi connectivity index (χ3v) is 3.94. The Hall–Kier alpha value is -2.24. The van der Waals surface area contributed by atoms with Crippen molar-refractivity contribution in [2.45, 2.75) is 37.5 Å². The van der Waals surface area contributed by atoms with Gasteiger partial charge in [0, 0.05) is 18.0 Å². The summed E-state index contributed by atoms with van der Waals surface area (Å²) < 4.78 is 11.0. The zero-order valence-electron chi connectivity index (χ0n) is 10.7. The summed E-state index contributed by atoms with van der Waals surface area (Å²) >= 11 is 0. The first-order valence-electron chi connectivity index (χ1n) is 6.97. The molecule has 100 valence electrons. The van der Waals surface area contributed by atoms with Crippen molar-refractivity contribution in [3.8, 4) is 11.5 Å². The van der Waals surface area contributed by atoms with Crippen molar-refractivity contribution in [3.05, 3.63) is 23.8 Å². The van der Waals surface area contributed by atoms with E-state index in [4.69, 9.17) is 8.94 Å². The van der Waals surface area contributed by atoms with E-state index in [1.54, 1.807) is 6.20 Å². The molecule has 0 spiro atoms. The predicted molar refractivity (Wildman–Crippen MR) is 69.0 cm³/mol. The fraction of sp³-hybridized carbons (Fsp3) is 0.429. The van der Waals surface area contributed by atoms with Crippen molar-refractivity contribution in [1.29, 1.82) is 0 Å². The number of nitrogens with zero attached hydrogens (tertiary/aromatic N) is 4. The monoisotopic (exact) mass is 268 g/mol. The van der Waals surface area contributed by atoms with Crippen LogP contribution in [0, 0.1) is 0 Å². The maximum atomic E-state index is 5.72. The first kappa shape index (κ1) is 10.5. The summed E-state index contributed by atoms with van der Waals surface area (Å²) in [5, 5.41) is 13.3. The lowest BCUT2D eigenvalue weighted by Gasteiger charge is -1.95. The number of hydrogen-bond acceptors (Lipinski definition) is 6.